The molecule has 3 aromatic rings. The molecule has 1 heterocycles. The van der Waals surface area contributed by atoms with Crippen molar-refractivity contribution in [3.63, 3.8) is 0 Å². The third-order valence-electron chi connectivity index (χ3n) is 6.68. The Morgan fingerprint density at radius 3 is 2.54 bits per heavy atom. The molecule has 1 aromatic heterocycles. The molecule has 1 aliphatic carbocycles. The maximum Gasteiger partial charge on any atom is 0.252 e. The van der Waals surface area contributed by atoms with Gasteiger partial charge in [0, 0.05) is 23.1 Å². The van der Waals surface area contributed by atoms with Crippen LogP contribution < -0.4 is 16.0 Å². The highest BCUT2D eigenvalue weighted by atomic mass is 19.1. The van der Waals surface area contributed by atoms with Gasteiger partial charge in [-0.05, 0) is 68.1 Å². The van der Waals surface area contributed by atoms with Crippen LogP contribution in [0.1, 0.15) is 61.9 Å². The van der Waals surface area contributed by atoms with E-state index < -0.39 is 17.5 Å². The van der Waals surface area contributed by atoms with Crippen molar-refractivity contribution in [2.75, 3.05) is 10.6 Å². The molecule has 2 aromatic carbocycles. The molecule has 0 spiro atoms. The molecule has 0 unspecified atom stereocenters. The van der Waals surface area contributed by atoms with Crippen LogP contribution in [0.5, 0.6) is 0 Å². The van der Waals surface area contributed by atoms with Crippen molar-refractivity contribution in [1.82, 2.24) is 10.3 Å². The van der Waals surface area contributed by atoms with Crippen molar-refractivity contribution in [3.8, 4) is 0 Å². The fourth-order valence-electron chi connectivity index (χ4n) is 4.63. The summed E-state index contributed by atoms with van der Waals surface area (Å²) in [7, 11) is 0. The van der Waals surface area contributed by atoms with Crippen LogP contribution in [0.25, 0.3) is 0 Å². The topological polar surface area (TPSA) is 103 Å². The number of aromatic nitrogens is 1. The van der Waals surface area contributed by atoms with Crippen LogP contribution in [-0.2, 0) is 10.4 Å². The zero-order valence-electron chi connectivity index (χ0n) is 21.1. The summed E-state index contributed by atoms with van der Waals surface area (Å²) >= 11 is 0. The van der Waals surface area contributed by atoms with E-state index in [-0.39, 0.29) is 17.5 Å². The van der Waals surface area contributed by atoms with E-state index in [4.69, 9.17) is 0 Å². The Labute approximate surface area is 216 Å². The summed E-state index contributed by atoms with van der Waals surface area (Å²) in [5.41, 5.74) is 1.33. The maximum absolute atomic E-state index is 14.0. The molecule has 1 saturated carbocycles. The number of nitrogens with zero attached hydrogens (tertiary/aromatic N) is 1. The number of halogens is 1. The quantitative estimate of drug-likeness (QED) is 0.308. The first-order valence-electron chi connectivity index (χ1n) is 12.6. The van der Waals surface area contributed by atoms with Crippen LogP contribution in [0.2, 0.25) is 0 Å². The highest BCUT2D eigenvalue weighted by Gasteiger charge is 2.27. The molecule has 1 aliphatic rings. The second-order valence-electron chi connectivity index (χ2n) is 10.1. The molecular formula is C29H33FN4O3. The molecule has 8 heteroatoms. The van der Waals surface area contributed by atoms with Gasteiger partial charge in [0.05, 0.1) is 17.5 Å². The highest BCUT2D eigenvalue weighted by molar-refractivity contribution is 6.01. The lowest BCUT2D eigenvalue weighted by atomic mass is 9.96. The van der Waals surface area contributed by atoms with Gasteiger partial charge >= 0.3 is 0 Å². The second-order valence-corrected chi connectivity index (χ2v) is 10.1. The summed E-state index contributed by atoms with van der Waals surface area (Å²) in [4.78, 5) is 30.3. The lowest BCUT2D eigenvalue weighted by molar-refractivity contribution is -0.118. The number of nitrogens with one attached hydrogen (secondary N) is 3. The van der Waals surface area contributed by atoms with Gasteiger partial charge < -0.3 is 21.1 Å². The third kappa shape index (κ3) is 7.13. The van der Waals surface area contributed by atoms with Crippen molar-refractivity contribution in [2.24, 2.45) is 5.92 Å². The van der Waals surface area contributed by atoms with Crippen molar-refractivity contribution in [1.29, 1.82) is 0 Å². The fraction of sp³-hybridized carbons (Fsp3) is 0.345. The van der Waals surface area contributed by atoms with E-state index in [1.54, 1.807) is 62.4 Å². The molecule has 194 valence electrons. The van der Waals surface area contributed by atoms with Gasteiger partial charge in [0.15, 0.2) is 5.82 Å². The zero-order chi connectivity index (χ0) is 26.4. The van der Waals surface area contributed by atoms with Gasteiger partial charge in [0.1, 0.15) is 6.04 Å². The van der Waals surface area contributed by atoms with Gasteiger partial charge in [-0.1, -0.05) is 43.9 Å². The number of anilines is 3. The van der Waals surface area contributed by atoms with E-state index in [2.05, 4.69) is 20.9 Å². The van der Waals surface area contributed by atoms with Gasteiger partial charge in [0.25, 0.3) is 5.91 Å². The lowest BCUT2D eigenvalue weighted by Crippen LogP contribution is -2.44. The predicted octanol–water partition coefficient (Wildman–Crippen LogP) is 5.51. The number of benzene rings is 2. The number of carbonyl (C=O) groups excluding carboxylic acids is 2. The Balaban J connectivity index is 1.49. The number of hydrogen-bond acceptors (Lipinski definition) is 5. The summed E-state index contributed by atoms with van der Waals surface area (Å²) in [6.45, 7) is 3.37. The largest absolute Gasteiger partial charge is 0.386 e. The van der Waals surface area contributed by atoms with Crippen LogP contribution in [0.4, 0.5) is 21.5 Å². The van der Waals surface area contributed by atoms with E-state index in [0.29, 0.717) is 34.8 Å². The van der Waals surface area contributed by atoms with Crippen molar-refractivity contribution in [2.45, 2.75) is 57.6 Å². The smallest absolute Gasteiger partial charge is 0.252 e. The molecule has 0 saturated heterocycles. The van der Waals surface area contributed by atoms with Crippen LogP contribution in [0.15, 0.2) is 67.0 Å². The fourth-order valence-corrected chi connectivity index (χ4v) is 4.63. The summed E-state index contributed by atoms with van der Waals surface area (Å²) in [6, 6.07) is 14.6. The Bertz CT molecular complexity index is 1250. The maximum atomic E-state index is 14.0. The van der Waals surface area contributed by atoms with E-state index in [9.17, 15) is 19.1 Å². The van der Waals surface area contributed by atoms with Gasteiger partial charge in [0.2, 0.25) is 5.91 Å². The average Bonchev–Trinajstić information content (AvgIpc) is 3.38. The van der Waals surface area contributed by atoms with Crippen LogP contribution >= 0.6 is 0 Å². The van der Waals surface area contributed by atoms with E-state index >= 15 is 0 Å². The Morgan fingerprint density at radius 1 is 1.08 bits per heavy atom. The second kappa shape index (κ2) is 11.5. The molecule has 2 amide bonds. The minimum Gasteiger partial charge on any atom is -0.386 e. The van der Waals surface area contributed by atoms with Crippen LogP contribution in [0, 0.1) is 11.7 Å². The molecular weight excluding hydrogens is 471 g/mol. The number of amides is 2. The number of carbonyl (C=O) groups is 2. The highest BCUT2D eigenvalue weighted by Crippen LogP contribution is 2.29. The van der Waals surface area contributed by atoms with Crippen LogP contribution in [0.3, 0.4) is 0 Å². The third-order valence-corrected chi connectivity index (χ3v) is 6.68. The minimum absolute atomic E-state index is 0.249. The monoisotopic (exact) mass is 504 g/mol. The van der Waals surface area contributed by atoms with E-state index in [1.165, 1.54) is 12.3 Å². The summed E-state index contributed by atoms with van der Waals surface area (Å²) in [5, 5.41) is 19.1. The first kappa shape index (κ1) is 26.3. The van der Waals surface area contributed by atoms with Gasteiger partial charge in [-0.2, -0.15) is 0 Å². The average molecular weight is 505 g/mol. The number of hydrogen-bond donors (Lipinski definition) is 4. The lowest BCUT2D eigenvalue weighted by Gasteiger charge is -2.23. The molecule has 7 nitrogen and oxygen atoms in total. The molecule has 1 fully saturated rings. The SMILES string of the molecule is CC(C)(O)c1cccc(NC(=O)[C@@H](CC2CCCC2)NC(=O)c2cccc(Nc3ccncc3F)c2)c1. The van der Waals surface area contributed by atoms with E-state index in [1.807, 2.05) is 0 Å². The number of rotatable bonds is 9. The van der Waals surface area contributed by atoms with Crippen LogP contribution in [-0.4, -0.2) is 27.9 Å². The molecule has 0 radical (unpaired) electrons. The van der Waals surface area contributed by atoms with Gasteiger partial charge in [-0.3, -0.25) is 14.6 Å². The Hall–Kier alpha value is -3.78. The van der Waals surface area contributed by atoms with Gasteiger partial charge in [-0.25, -0.2) is 4.39 Å². The molecule has 4 rings (SSSR count). The predicted molar refractivity (Wildman–Crippen MR) is 142 cm³/mol. The molecule has 37 heavy (non-hydrogen) atoms. The first-order chi connectivity index (χ1) is 17.7. The molecule has 4 N–H and O–H groups in total. The summed E-state index contributed by atoms with van der Waals surface area (Å²) in [6.07, 6.45) is 7.45. The molecule has 1 atom stereocenters. The zero-order valence-corrected chi connectivity index (χ0v) is 21.1. The van der Waals surface area contributed by atoms with Crippen molar-refractivity contribution >= 4 is 28.9 Å². The minimum atomic E-state index is -1.05. The summed E-state index contributed by atoms with van der Waals surface area (Å²) < 4.78 is 14.0. The van der Waals surface area contributed by atoms with Crippen molar-refractivity contribution in [3.05, 3.63) is 83.9 Å². The number of pyridine rings is 1. The van der Waals surface area contributed by atoms with E-state index in [0.717, 1.165) is 31.9 Å². The number of aliphatic hydroxyl groups is 1. The molecule has 0 aliphatic heterocycles. The Kier molecular flexibility index (Phi) is 8.18. The molecule has 0 bridgehead atoms. The van der Waals surface area contributed by atoms with Crippen molar-refractivity contribution < 1.29 is 19.1 Å². The standard InChI is InChI=1S/C29H33FN4O3/c1-29(2,37)21-10-6-12-23(17-21)33-28(36)26(15-19-7-3-4-8-19)34-27(35)20-9-5-11-22(16-20)32-25-13-14-31-18-24(25)30/h5-6,9-14,16-19,26,37H,3-4,7-8,15H2,1-2H3,(H,31,32)(H,33,36)(H,34,35)/t26-/m1/s1. The Morgan fingerprint density at radius 2 is 1.81 bits per heavy atom. The summed E-state index contributed by atoms with van der Waals surface area (Å²) in [5.74, 6) is -0.829. The first-order valence-corrected chi connectivity index (χ1v) is 12.6. The van der Waals surface area contributed by atoms with Gasteiger partial charge in [-0.15, -0.1) is 0 Å². The normalized spacial score (nSPS) is 14.7.